The Bertz CT molecular complexity index is 680. The number of nitrogens with one attached hydrogen (secondary N) is 1. The number of nitrogens with zero attached hydrogens (tertiary/aromatic N) is 1. The number of ether oxygens (including phenoxy) is 1. The number of likely N-dealkylation sites (tertiary alicyclic amines) is 1. The fourth-order valence-electron chi connectivity index (χ4n) is 3.74. The normalized spacial score (nSPS) is 16.8. The fraction of sp³-hybridized carbons (Fsp3) is 0.609. The van der Waals surface area contributed by atoms with Crippen LogP contribution in [0.1, 0.15) is 70.3 Å². The van der Waals surface area contributed by atoms with Gasteiger partial charge in [-0.15, -0.1) is 0 Å². The van der Waals surface area contributed by atoms with Crippen molar-refractivity contribution < 1.29 is 19.1 Å². The van der Waals surface area contributed by atoms with Gasteiger partial charge in [-0.1, -0.05) is 75.8 Å². The van der Waals surface area contributed by atoms with Crippen molar-refractivity contribution in [2.75, 3.05) is 6.54 Å². The molecule has 3 amide bonds. The average molecular weight is 418 g/mol. The second kappa shape index (κ2) is 12.9. The van der Waals surface area contributed by atoms with Crippen molar-refractivity contribution >= 4 is 17.9 Å². The van der Waals surface area contributed by atoms with E-state index in [0.717, 1.165) is 31.2 Å². The number of rotatable bonds is 12. The minimum Gasteiger partial charge on any atom is -0.445 e. The summed E-state index contributed by atoms with van der Waals surface area (Å²) in [6.07, 6.45) is 7.85. The molecule has 7 heteroatoms. The van der Waals surface area contributed by atoms with Gasteiger partial charge in [-0.25, -0.2) is 4.79 Å². The Morgan fingerprint density at radius 1 is 1.13 bits per heavy atom. The summed E-state index contributed by atoms with van der Waals surface area (Å²) in [5, 5.41) is 2.76. The number of carbonyl (C=O) groups excluding carboxylic acids is 3. The van der Waals surface area contributed by atoms with Crippen LogP contribution in [0.5, 0.6) is 0 Å². The third-order valence-corrected chi connectivity index (χ3v) is 5.50. The highest BCUT2D eigenvalue weighted by molar-refractivity contribution is 5.91. The number of carbonyl (C=O) groups is 3. The topological polar surface area (TPSA) is 102 Å². The first-order chi connectivity index (χ1) is 14.5. The molecule has 30 heavy (non-hydrogen) atoms. The molecule has 166 valence electrons. The summed E-state index contributed by atoms with van der Waals surface area (Å²) in [7, 11) is 0. The van der Waals surface area contributed by atoms with E-state index >= 15 is 0 Å². The van der Waals surface area contributed by atoms with Crippen LogP contribution in [0.25, 0.3) is 0 Å². The summed E-state index contributed by atoms with van der Waals surface area (Å²) >= 11 is 0. The van der Waals surface area contributed by atoms with Crippen LogP contribution in [-0.2, 0) is 20.9 Å². The van der Waals surface area contributed by atoms with E-state index in [1.54, 1.807) is 0 Å². The van der Waals surface area contributed by atoms with Crippen LogP contribution in [0.15, 0.2) is 30.3 Å². The molecule has 0 unspecified atom stereocenters. The molecule has 0 radical (unpaired) electrons. The zero-order valence-corrected chi connectivity index (χ0v) is 18.0. The summed E-state index contributed by atoms with van der Waals surface area (Å²) < 4.78 is 5.37. The maximum Gasteiger partial charge on any atom is 0.410 e. The number of nitrogens with two attached hydrogens (primary N) is 1. The first-order valence-corrected chi connectivity index (χ1v) is 11.1. The third-order valence-electron chi connectivity index (χ3n) is 5.50. The van der Waals surface area contributed by atoms with Gasteiger partial charge in [0.2, 0.25) is 11.8 Å². The summed E-state index contributed by atoms with van der Waals surface area (Å²) in [5.41, 5.74) is 6.38. The first kappa shape index (κ1) is 23.7. The van der Waals surface area contributed by atoms with Gasteiger partial charge in [-0.3, -0.25) is 14.5 Å². The molecule has 7 nitrogen and oxygen atoms in total. The molecule has 1 aliphatic rings. The molecule has 3 N–H and O–H groups in total. The van der Waals surface area contributed by atoms with E-state index in [9.17, 15) is 14.4 Å². The highest BCUT2D eigenvalue weighted by atomic mass is 16.6. The van der Waals surface area contributed by atoms with Crippen molar-refractivity contribution in [3.63, 3.8) is 0 Å². The molecule has 1 aromatic carbocycles. The first-order valence-electron chi connectivity index (χ1n) is 11.1. The predicted octanol–water partition coefficient (Wildman–Crippen LogP) is 3.51. The van der Waals surface area contributed by atoms with Gasteiger partial charge in [0.1, 0.15) is 18.7 Å². The van der Waals surface area contributed by atoms with E-state index in [0.29, 0.717) is 19.4 Å². The fourth-order valence-corrected chi connectivity index (χ4v) is 3.74. The van der Waals surface area contributed by atoms with Crippen molar-refractivity contribution in [3.05, 3.63) is 35.9 Å². The minimum atomic E-state index is -0.702. The molecule has 0 saturated carbocycles. The molecule has 2 rings (SSSR count). The van der Waals surface area contributed by atoms with Gasteiger partial charge in [0.25, 0.3) is 0 Å². The van der Waals surface area contributed by atoms with Crippen LogP contribution in [0, 0.1) is 0 Å². The van der Waals surface area contributed by atoms with Gasteiger partial charge in [0.15, 0.2) is 0 Å². The number of hydrogen-bond acceptors (Lipinski definition) is 4. The van der Waals surface area contributed by atoms with Crippen molar-refractivity contribution in [3.8, 4) is 0 Å². The van der Waals surface area contributed by atoms with Gasteiger partial charge in [-0.2, -0.15) is 0 Å². The Kier molecular flexibility index (Phi) is 10.2. The Morgan fingerprint density at radius 2 is 1.83 bits per heavy atom. The lowest BCUT2D eigenvalue weighted by Gasteiger charge is -2.25. The van der Waals surface area contributed by atoms with E-state index in [1.807, 2.05) is 30.3 Å². The number of primary amides is 1. The summed E-state index contributed by atoms with van der Waals surface area (Å²) in [5.74, 6) is -0.868. The highest BCUT2D eigenvalue weighted by Gasteiger charge is 2.36. The monoisotopic (exact) mass is 417 g/mol. The van der Waals surface area contributed by atoms with Crippen molar-refractivity contribution in [1.29, 1.82) is 0 Å². The largest absolute Gasteiger partial charge is 0.445 e. The Balaban J connectivity index is 1.82. The maximum atomic E-state index is 12.8. The Hall–Kier alpha value is -2.57. The summed E-state index contributed by atoms with van der Waals surface area (Å²) in [6, 6.07) is 8.08. The predicted molar refractivity (Wildman–Crippen MR) is 115 cm³/mol. The van der Waals surface area contributed by atoms with E-state index in [1.165, 1.54) is 24.2 Å². The van der Waals surface area contributed by atoms with E-state index in [4.69, 9.17) is 10.5 Å². The van der Waals surface area contributed by atoms with E-state index < -0.39 is 24.1 Å². The standard InChI is InChI=1S/C23H35N3O4/c1-2-3-4-5-6-10-14-19(21(24)27)25-22(28)20-15-11-16-26(20)23(29)30-17-18-12-8-7-9-13-18/h7-9,12-13,19-20H,2-6,10-11,14-17H2,1H3,(H2,24,27)(H,25,28)/t19-,20+/m0/s1. The van der Waals surface area contributed by atoms with Crippen LogP contribution < -0.4 is 11.1 Å². The van der Waals surface area contributed by atoms with Crippen molar-refractivity contribution in [2.45, 2.75) is 83.4 Å². The Labute approximate surface area is 179 Å². The number of benzene rings is 1. The number of unbranched alkanes of at least 4 members (excludes halogenated alkanes) is 5. The smallest absolute Gasteiger partial charge is 0.410 e. The molecule has 1 saturated heterocycles. The molecule has 0 spiro atoms. The van der Waals surface area contributed by atoms with Gasteiger partial charge >= 0.3 is 6.09 Å². The highest BCUT2D eigenvalue weighted by Crippen LogP contribution is 2.20. The molecule has 1 fully saturated rings. The van der Waals surface area contributed by atoms with E-state index in [-0.39, 0.29) is 12.5 Å². The van der Waals surface area contributed by atoms with Gasteiger partial charge in [0.05, 0.1) is 0 Å². The molecule has 0 aliphatic carbocycles. The molecule has 0 bridgehead atoms. The maximum absolute atomic E-state index is 12.8. The minimum absolute atomic E-state index is 0.159. The Morgan fingerprint density at radius 3 is 2.53 bits per heavy atom. The lowest BCUT2D eigenvalue weighted by Crippen LogP contribution is -2.52. The summed E-state index contributed by atoms with van der Waals surface area (Å²) in [6.45, 7) is 2.79. The molecule has 0 aromatic heterocycles. The molecular weight excluding hydrogens is 382 g/mol. The zero-order valence-electron chi connectivity index (χ0n) is 18.0. The molecule has 1 aliphatic heterocycles. The molecule has 1 heterocycles. The van der Waals surface area contributed by atoms with Crippen LogP contribution in [0.4, 0.5) is 4.79 Å². The van der Waals surface area contributed by atoms with Crippen LogP contribution in [0.2, 0.25) is 0 Å². The second-order valence-corrected chi connectivity index (χ2v) is 7.91. The van der Waals surface area contributed by atoms with Crippen molar-refractivity contribution in [2.24, 2.45) is 5.73 Å². The SMILES string of the molecule is CCCCCCCC[C@H](NC(=O)[C@H]1CCCN1C(=O)OCc1ccccc1)C(N)=O. The van der Waals surface area contributed by atoms with E-state index in [2.05, 4.69) is 12.2 Å². The molecular formula is C23H35N3O4. The van der Waals surface area contributed by atoms with Gasteiger partial charge < -0.3 is 15.8 Å². The number of hydrogen-bond donors (Lipinski definition) is 2. The molecule has 2 atom stereocenters. The van der Waals surface area contributed by atoms with Crippen molar-refractivity contribution in [1.82, 2.24) is 10.2 Å². The lowest BCUT2D eigenvalue weighted by molar-refractivity contribution is -0.130. The lowest BCUT2D eigenvalue weighted by atomic mass is 10.0. The zero-order chi connectivity index (χ0) is 21.8. The second-order valence-electron chi connectivity index (χ2n) is 7.91. The third kappa shape index (κ3) is 7.69. The summed E-state index contributed by atoms with van der Waals surface area (Å²) in [4.78, 5) is 38.5. The van der Waals surface area contributed by atoms with Crippen LogP contribution in [-0.4, -0.2) is 41.4 Å². The number of amides is 3. The quantitative estimate of drug-likeness (QED) is 0.508. The van der Waals surface area contributed by atoms with Gasteiger partial charge in [0, 0.05) is 6.54 Å². The van der Waals surface area contributed by atoms with Crippen LogP contribution in [0.3, 0.4) is 0 Å². The van der Waals surface area contributed by atoms with Crippen LogP contribution >= 0.6 is 0 Å². The van der Waals surface area contributed by atoms with Gasteiger partial charge in [-0.05, 0) is 24.8 Å². The average Bonchev–Trinajstić information content (AvgIpc) is 3.24. The molecule has 1 aromatic rings.